The van der Waals surface area contributed by atoms with Crippen molar-refractivity contribution < 1.29 is 9.18 Å². The molecule has 0 aliphatic rings. The molecule has 0 saturated heterocycles. The number of aromatic nitrogens is 2. The molecule has 0 aliphatic heterocycles. The topological polar surface area (TPSA) is 38.1 Å². The highest BCUT2D eigenvalue weighted by molar-refractivity contribution is 6.35. The monoisotopic (exact) mass is 435 g/mol. The number of nitrogens with zero attached hydrogens (tertiary/aromatic N) is 3. The molecule has 3 rings (SSSR count). The van der Waals surface area contributed by atoms with Crippen LogP contribution in [0.4, 0.5) is 4.39 Å². The van der Waals surface area contributed by atoms with Gasteiger partial charge in [0.05, 0.1) is 28.2 Å². The second-order valence-corrected chi connectivity index (χ2v) is 7.86. The van der Waals surface area contributed by atoms with Gasteiger partial charge < -0.3 is 9.47 Å². The Morgan fingerprint density at radius 3 is 2.66 bits per heavy atom. The Bertz CT molecular complexity index is 1020. The number of imidazole rings is 1. The van der Waals surface area contributed by atoms with Gasteiger partial charge in [0, 0.05) is 24.2 Å². The largest absolute Gasteiger partial charge is 0.331 e. The molecule has 0 aliphatic carbocycles. The highest BCUT2D eigenvalue weighted by Gasteiger charge is 2.22. The first-order valence-electron chi connectivity index (χ1n) is 9.83. The highest BCUT2D eigenvalue weighted by Crippen LogP contribution is 2.24. The molecule has 0 unspecified atom stereocenters. The van der Waals surface area contributed by atoms with Gasteiger partial charge in [-0.3, -0.25) is 4.79 Å². The first-order chi connectivity index (χ1) is 13.9. The zero-order chi connectivity index (χ0) is 21.0. The molecule has 29 heavy (non-hydrogen) atoms. The molecule has 0 fully saturated rings. The Hall–Kier alpha value is -2.11. The summed E-state index contributed by atoms with van der Waals surface area (Å²) in [5, 5.41) is 0.826. The summed E-state index contributed by atoms with van der Waals surface area (Å²) < 4.78 is 15.7. The van der Waals surface area contributed by atoms with E-state index in [1.807, 2.05) is 0 Å². The summed E-state index contributed by atoms with van der Waals surface area (Å²) in [7, 11) is 0. The molecule has 0 bridgehead atoms. The lowest BCUT2D eigenvalue weighted by atomic mass is 10.2. The molecular weight excluding hydrogens is 412 g/mol. The molecule has 154 valence electrons. The maximum Gasteiger partial charge on any atom is 0.255 e. The lowest BCUT2D eigenvalue weighted by Crippen LogP contribution is -2.33. The number of fused-ring (bicyclic) bond motifs is 1. The average Bonchev–Trinajstić information content (AvgIpc) is 3.03. The Labute approximate surface area is 180 Å². The molecular formula is C22H24Cl2FN3O. The minimum Gasteiger partial charge on any atom is -0.331 e. The first kappa shape index (κ1) is 21.6. The Morgan fingerprint density at radius 2 is 1.93 bits per heavy atom. The fourth-order valence-corrected chi connectivity index (χ4v) is 3.72. The van der Waals surface area contributed by atoms with Crippen LogP contribution in [0, 0.1) is 5.82 Å². The number of hydrogen-bond donors (Lipinski definition) is 0. The normalized spacial score (nSPS) is 11.2. The Balaban J connectivity index is 1.99. The molecule has 1 aromatic heterocycles. The fraction of sp³-hybridized carbons (Fsp3) is 0.364. The summed E-state index contributed by atoms with van der Waals surface area (Å²) in [5.74, 6) is 0.220. The number of halogens is 3. The lowest BCUT2D eigenvalue weighted by Gasteiger charge is -2.23. The SMILES string of the molecule is CCCCN(Cc1nc2cc(F)ccc2n1CCC)C(=O)c1cc(Cl)ccc1Cl. The van der Waals surface area contributed by atoms with Crippen molar-refractivity contribution >= 4 is 40.1 Å². The lowest BCUT2D eigenvalue weighted by molar-refractivity contribution is 0.0735. The van der Waals surface area contributed by atoms with Crippen molar-refractivity contribution in [2.75, 3.05) is 6.54 Å². The fourth-order valence-electron chi connectivity index (χ4n) is 3.35. The van der Waals surface area contributed by atoms with Crippen LogP contribution in [-0.2, 0) is 13.1 Å². The summed E-state index contributed by atoms with van der Waals surface area (Å²) in [6.45, 7) is 5.78. The van der Waals surface area contributed by atoms with Gasteiger partial charge in [-0.25, -0.2) is 9.37 Å². The van der Waals surface area contributed by atoms with Crippen molar-refractivity contribution in [3.05, 3.63) is 63.6 Å². The predicted octanol–water partition coefficient (Wildman–Crippen LogP) is 6.33. The molecule has 7 heteroatoms. The Morgan fingerprint density at radius 1 is 1.14 bits per heavy atom. The number of carbonyl (C=O) groups is 1. The van der Waals surface area contributed by atoms with Crippen LogP contribution in [0.25, 0.3) is 11.0 Å². The number of aryl methyl sites for hydroxylation is 1. The molecule has 1 amide bonds. The van der Waals surface area contributed by atoms with E-state index in [4.69, 9.17) is 23.2 Å². The third kappa shape index (κ3) is 4.90. The third-order valence-electron chi connectivity index (χ3n) is 4.80. The smallest absolute Gasteiger partial charge is 0.255 e. The number of amides is 1. The molecule has 0 spiro atoms. The van der Waals surface area contributed by atoms with E-state index >= 15 is 0 Å². The zero-order valence-corrected chi connectivity index (χ0v) is 18.1. The van der Waals surface area contributed by atoms with E-state index in [-0.39, 0.29) is 11.7 Å². The van der Waals surface area contributed by atoms with Crippen molar-refractivity contribution in [3.63, 3.8) is 0 Å². The van der Waals surface area contributed by atoms with Crippen LogP contribution in [0.15, 0.2) is 36.4 Å². The van der Waals surface area contributed by atoms with E-state index in [9.17, 15) is 9.18 Å². The maximum atomic E-state index is 13.7. The second kappa shape index (κ2) is 9.59. The van der Waals surface area contributed by atoms with Gasteiger partial charge in [-0.1, -0.05) is 43.5 Å². The predicted molar refractivity (Wildman–Crippen MR) is 116 cm³/mol. The van der Waals surface area contributed by atoms with E-state index in [1.165, 1.54) is 12.1 Å². The third-order valence-corrected chi connectivity index (χ3v) is 5.36. The van der Waals surface area contributed by atoms with Gasteiger partial charge in [0.25, 0.3) is 5.91 Å². The van der Waals surface area contributed by atoms with E-state index in [1.54, 1.807) is 29.2 Å². The van der Waals surface area contributed by atoms with Gasteiger partial charge in [-0.05, 0) is 43.2 Å². The number of carbonyl (C=O) groups excluding carboxylic acids is 1. The standard InChI is InChI=1S/C22H24Cl2FN3O/c1-3-5-11-27(22(29)17-12-15(23)6-8-18(17)24)14-21-26-19-13-16(25)7-9-20(19)28(21)10-4-2/h6-9,12-13H,3-5,10-11,14H2,1-2H3. The molecule has 4 nitrogen and oxygen atoms in total. The number of benzene rings is 2. The second-order valence-electron chi connectivity index (χ2n) is 7.02. The summed E-state index contributed by atoms with van der Waals surface area (Å²) in [4.78, 5) is 19.6. The van der Waals surface area contributed by atoms with E-state index < -0.39 is 0 Å². The van der Waals surface area contributed by atoms with Gasteiger partial charge in [0.2, 0.25) is 0 Å². The van der Waals surface area contributed by atoms with E-state index in [0.29, 0.717) is 34.2 Å². The van der Waals surface area contributed by atoms with Crippen molar-refractivity contribution in [1.29, 1.82) is 0 Å². The highest BCUT2D eigenvalue weighted by atomic mass is 35.5. The van der Waals surface area contributed by atoms with Gasteiger partial charge in [-0.2, -0.15) is 0 Å². The Kier molecular flexibility index (Phi) is 7.14. The minimum atomic E-state index is -0.324. The van der Waals surface area contributed by atoms with Crippen LogP contribution in [0.5, 0.6) is 0 Å². The molecule has 0 radical (unpaired) electrons. The van der Waals surface area contributed by atoms with E-state index in [2.05, 4.69) is 23.4 Å². The molecule has 3 aromatic rings. The van der Waals surface area contributed by atoms with Crippen LogP contribution in [0.3, 0.4) is 0 Å². The minimum absolute atomic E-state index is 0.188. The summed E-state index contributed by atoms with van der Waals surface area (Å²) in [5.41, 5.74) is 1.84. The van der Waals surface area contributed by atoms with Crippen LogP contribution >= 0.6 is 23.2 Å². The zero-order valence-electron chi connectivity index (χ0n) is 16.6. The van der Waals surface area contributed by atoms with Crippen molar-refractivity contribution in [2.24, 2.45) is 0 Å². The van der Waals surface area contributed by atoms with E-state index in [0.717, 1.165) is 37.1 Å². The van der Waals surface area contributed by atoms with Crippen molar-refractivity contribution in [1.82, 2.24) is 14.5 Å². The molecule has 0 N–H and O–H groups in total. The van der Waals surface area contributed by atoms with Crippen molar-refractivity contribution in [3.8, 4) is 0 Å². The quantitative estimate of drug-likeness (QED) is 0.414. The van der Waals surface area contributed by atoms with Gasteiger partial charge in [-0.15, -0.1) is 0 Å². The molecule has 0 saturated carbocycles. The summed E-state index contributed by atoms with van der Waals surface area (Å²) in [6.07, 6.45) is 2.70. The molecule has 0 atom stereocenters. The van der Waals surface area contributed by atoms with Gasteiger partial charge in [0.1, 0.15) is 11.6 Å². The average molecular weight is 436 g/mol. The number of hydrogen-bond acceptors (Lipinski definition) is 2. The maximum absolute atomic E-state index is 13.7. The van der Waals surface area contributed by atoms with Crippen LogP contribution in [-0.4, -0.2) is 26.9 Å². The van der Waals surface area contributed by atoms with Crippen LogP contribution < -0.4 is 0 Å². The van der Waals surface area contributed by atoms with Crippen LogP contribution in [0.1, 0.15) is 49.3 Å². The van der Waals surface area contributed by atoms with Crippen molar-refractivity contribution in [2.45, 2.75) is 46.2 Å². The van der Waals surface area contributed by atoms with Gasteiger partial charge >= 0.3 is 0 Å². The molecule has 1 heterocycles. The number of unbranched alkanes of at least 4 members (excludes halogenated alkanes) is 1. The molecule has 2 aromatic carbocycles. The van der Waals surface area contributed by atoms with Crippen LogP contribution in [0.2, 0.25) is 10.0 Å². The summed E-state index contributed by atoms with van der Waals surface area (Å²) in [6, 6.07) is 9.48. The first-order valence-corrected chi connectivity index (χ1v) is 10.6. The summed E-state index contributed by atoms with van der Waals surface area (Å²) >= 11 is 12.3. The number of rotatable bonds is 8. The van der Waals surface area contributed by atoms with Gasteiger partial charge in [0.15, 0.2) is 0 Å².